The van der Waals surface area contributed by atoms with Crippen LogP contribution in [0.15, 0.2) is 59.6 Å². The molecular formula is C23H28F3N3O2. The first-order valence-corrected chi connectivity index (χ1v) is 10.3. The summed E-state index contributed by atoms with van der Waals surface area (Å²) in [6, 6.07) is 17.0. The van der Waals surface area contributed by atoms with E-state index in [0.29, 0.717) is 12.5 Å². The Morgan fingerprint density at radius 2 is 1.71 bits per heavy atom. The third kappa shape index (κ3) is 6.89. The van der Waals surface area contributed by atoms with E-state index in [1.54, 1.807) is 19.2 Å². The fourth-order valence-electron chi connectivity index (χ4n) is 3.65. The molecule has 0 saturated carbocycles. The fraction of sp³-hybridized carbons (Fsp3) is 0.435. The molecule has 2 aromatic rings. The second kappa shape index (κ2) is 10.5. The molecule has 1 aliphatic rings. The molecule has 5 nitrogen and oxygen atoms in total. The van der Waals surface area contributed by atoms with Crippen molar-refractivity contribution in [1.82, 2.24) is 10.6 Å². The molecule has 168 valence electrons. The number of alkyl halides is 3. The van der Waals surface area contributed by atoms with Crippen molar-refractivity contribution in [3.63, 3.8) is 0 Å². The van der Waals surface area contributed by atoms with Gasteiger partial charge in [0.25, 0.3) is 0 Å². The quantitative estimate of drug-likeness (QED) is 0.509. The van der Waals surface area contributed by atoms with Crippen LogP contribution in [0.4, 0.5) is 13.2 Å². The van der Waals surface area contributed by atoms with Gasteiger partial charge in [-0.25, -0.2) is 0 Å². The van der Waals surface area contributed by atoms with Crippen molar-refractivity contribution in [3.05, 3.63) is 65.7 Å². The summed E-state index contributed by atoms with van der Waals surface area (Å²) in [5.41, 5.74) is 2.18. The average molecular weight is 435 g/mol. The molecule has 0 spiro atoms. The van der Waals surface area contributed by atoms with E-state index in [4.69, 9.17) is 9.47 Å². The van der Waals surface area contributed by atoms with Crippen molar-refractivity contribution in [3.8, 4) is 5.75 Å². The van der Waals surface area contributed by atoms with Crippen LogP contribution >= 0.6 is 0 Å². The highest BCUT2D eigenvalue weighted by Gasteiger charge is 2.34. The zero-order chi connectivity index (χ0) is 22.2. The maximum atomic E-state index is 12.2. The molecule has 0 amide bonds. The Hall–Kier alpha value is -2.74. The van der Waals surface area contributed by atoms with Gasteiger partial charge in [0, 0.05) is 38.8 Å². The third-order valence-corrected chi connectivity index (χ3v) is 5.44. The molecule has 0 bridgehead atoms. The molecule has 1 heterocycles. The minimum atomic E-state index is -4.35. The van der Waals surface area contributed by atoms with Crippen molar-refractivity contribution in [1.29, 1.82) is 0 Å². The molecule has 0 unspecified atom stereocenters. The highest BCUT2D eigenvalue weighted by Crippen LogP contribution is 2.34. The van der Waals surface area contributed by atoms with E-state index in [2.05, 4.69) is 39.9 Å². The van der Waals surface area contributed by atoms with Gasteiger partial charge in [-0.1, -0.05) is 42.5 Å². The Balaban J connectivity index is 1.54. The molecule has 31 heavy (non-hydrogen) atoms. The molecule has 1 fully saturated rings. The van der Waals surface area contributed by atoms with Gasteiger partial charge in [0.05, 0.1) is 0 Å². The summed E-state index contributed by atoms with van der Waals surface area (Å²) < 4.78 is 47.1. The number of hydrogen-bond donors (Lipinski definition) is 2. The highest BCUT2D eigenvalue weighted by atomic mass is 19.4. The van der Waals surface area contributed by atoms with Crippen LogP contribution in [0.3, 0.4) is 0 Å². The Labute approximate surface area is 180 Å². The predicted molar refractivity (Wildman–Crippen MR) is 114 cm³/mol. The van der Waals surface area contributed by atoms with Crippen LogP contribution < -0.4 is 15.4 Å². The van der Waals surface area contributed by atoms with Gasteiger partial charge in [-0.3, -0.25) is 4.99 Å². The molecule has 0 atom stereocenters. The summed E-state index contributed by atoms with van der Waals surface area (Å²) in [4.78, 5) is 4.30. The summed E-state index contributed by atoms with van der Waals surface area (Å²) >= 11 is 0. The SMILES string of the molecule is CN=C(NCc1ccc(OCC(F)(F)F)cc1)NCC1(c2ccccc2)CCOCC1. The van der Waals surface area contributed by atoms with Gasteiger partial charge in [0.15, 0.2) is 12.6 Å². The van der Waals surface area contributed by atoms with E-state index < -0.39 is 12.8 Å². The first kappa shape index (κ1) is 22.9. The zero-order valence-electron chi connectivity index (χ0n) is 17.5. The maximum absolute atomic E-state index is 12.2. The lowest BCUT2D eigenvalue weighted by atomic mass is 9.74. The molecule has 3 rings (SSSR count). The number of nitrogens with one attached hydrogen (secondary N) is 2. The maximum Gasteiger partial charge on any atom is 0.422 e. The summed E-state index contributed by atoms with van der Waals surface area (Å²) in [7, 11) is 1.71. The first-order valence-electron chi connectivity index (χ1n) is 10.3. The molecule has 8 heteroatoms. The van der Waals surface area contributed by atoms with Crippen LogP contribution in [-0.4, -0.2) is 45.5 Å². The normalized spacial score (nSPS) is 16.6. The number of rotatable bonds is 7. The monoisotopic (exact) mass is 435 g/mol. The lowest BCUT2D eigenvalue weighted by molar-refractivity contribution is -0.153. The number of guanidine groups is 1. The molecule has 1 saturated heterocycles. The second-order valence-electron chi connectivity index (χ2n) is 7.59. The van der Waals surface area contributed by atoms with Gasteiger partial charge >= 0.3 is 6.18 Å². The lowest BCUT2D eigenvalue weighted by Gasteiger charge is -2.38. The van der Waals surface area contributed by atoms with Gasteiger partial charge in [-0.15, -0.1) is 0 Å². The molecule has 0 radical (unpaired) electrons. The standard InChI is InChI=1S/C23H28F3N3O2/c1-27-21(28-15-18-7-9-20(10-8-18)31-17-23(24,25)26)29-16-22(11-13-30-14-12-22)19-5-3-2-4-6-19/h2-10H,11-17H2,1H3,(H2,27,28,29). The van der Waals surface area contributed by atoms with E-state index in [9.17, 15) is 13.2 Å². The topological polar surface area (TPSA) is 54.9 Å². The molecule has 1 aliphatic heterocycles. The van der Waals surface area contributed by atoms with Gasteiger partial charge in [-0.2, -0.15) is 13.2 Å². The first-order chi connectivity index (χ1) is 14.9. The predicted octanol–water partition coefficient (Wildman–Crippen LogP) is 4.04. The molecule has 2 N–H and O–H groups in total. The molecule has 0 aromatic heterocycles. The summed E-state index contributed by atoms with van der Waals surface area (Å²) in [5, 5.41) is 6.69. The summed E-state index contributed by atoms with van der Waals surface area (Å²) in [5.74, 6) is 0.854. The van der Waals surface area contributed by atoms with Gasteiger partial charge in [0.2, 0.25) is 0 Å². The van der Waals surface area contributed by atoms with Crippen molar-refractivity contribution in [2.24, 2.45) is 4.99 Å². The minimum absolute atomic E-state index is 0.0192. The van der Waals surface area contributed by atoms with E-state index in [-0.39, 0.29) is 11.2 Å². The number of ether oxygens (including phenoxy) is 2. The number of aliphatic imine (C=N–C) groups is 1. The van der Waals surface area contributed by atoms with Crippen molar-refractivity contribution in [2.75, 3.05) is 33.4 Å². The van der Waals surface area contributed by atoms with E-state index in [1.165, 1.54) is 17.7 Å². The van der Waals surface area contributed by atoms with Gasteiger partial charge in [0.1, 0.15) is 5.75 Å². The number of hydrogen-bond acceptors (Lipinski definition) is 3. The van der Waals surface area contributed by atoms with Crippen LogP contribution in [0.25, 0.3) is 0 Å². The van der Waals surface area contributed by atoms with Gasteiger partial charge < -0.3 is 20.1 Å². The van der Waals surface area contributed by atoms with E-state index >= 15 is 0 Å². The average Bonchev–Trinajstić information content (AvgIpc) is 2.79. The number of halogens is 3. The number of benzene rings is 2. The fourth-order valence-corrected chi connectivity index (χ4v) is 3.65. The summed E-state index contributed by atoms with van der Waals surface area (Å²) in [6.07, 6.45) is -2.49. The Bertz CT molecular complexity index is 833. The Morgan fingerprint density at radius 1 is 1.03 bits per heavy atom. The molecular weight excluding hydrogens is 407 g/mol. The van der Waals surface area contributed by atoms with E-state index in [1.807, 2.05) is 6.07 Å². The van der Waals surface area contributed by atoms with Crippen LogP contribution in [0.2, 0.25) is 0 Å². The minimum Gasteiger partial charge on any atom is -0.484 e. The van der Waals surface area contributed by atoms with E-state index in [0.717, 1.165) is 38.2 Å². The number of nitrogens with zero attached hydrogens (tertiary/aromatic N) is 1. The lowest BCUT2D eigenvalue weighted by Crippen LogP contribution is -2.47. The largest absolute Gasteiger partial charge is 0.484 e. The Morgan fingerprint density at radius 3 is 2.32 bits per heavy atom. The van der Waals surface area contributed by atoms with Crippen LogP contribution in [0.1, 0.15) is 24.0 Å². The van der Waals surface area contributed by atoms with Crippen LogP contribution in [0.5, 0.6) is 5.75 Å². The third-order valence-electron chi connectivity index (χ3n) is 5.44. The van der Waals surface area contributed by atoms with Crippen LogP contribution in [0, 0.1) is 0 Å². The van der Waals surface area contributed by atoms with Gasteiger partial charge in [-0.05, 0) is 36.1 Å². The molecule has 2 aromatic carbocycles. The smallest absolute Gasteiger partial charge is 0.422 e. The van der Waals surface area contributed by atoms with Crippen molar-refractivity contribution >= 4 is 5.96 Å². The van der Waals surface area contributed by atoms with Crippen molar-refractivity contribution in [2.45, 2.75) is 31.0 Å². The second-order valence-corrected chi connectivity index (χ2v) is 7.59. The van der Waals surface area contributed by atoms with Crippen molar-refractivity contribution < 1.29 is 22.6 Å². The molecule has 0 aliphatic carbocycles. The highest BCUT2D eigenvalue weighted by molar-refractivity contribution is 5.79. The zero-order valence-corrected chi connectivity index (χ0v) is 17.5. The Kier molecular flexibility index (Phi) is 7.79. The van der Waals surface area contributed by atoms with Crippen LogP contribution in [-0.2, 0) is 16.7 Å². The summed E-state index contributed by atoms with van der Waals surface area (Å²) in [6.45, 7) is 1.37.